The number of fused-ring (bicyclic) bond motifs is 1. The minimum Gasteiger partial charge on any atom is -0.337 e. The standard InChI is InChI=1S/C16H20N4O2/c1-16(2,3)20-9-11(6-14(20)21)15(22)18-12-5-4-10-8-17-19-13(10)7-12/h4-5,7-8,11H,6,9H2,1-3H3,(H,17,19)(H,18,22). The van der Waals surface area contributed by atoms with Crippen LogP contribution in [0.1, 0.15) is 27.2 Å². The van der Waals surface area contributed by atoms with Crippen molar-refractivity contribution >= 4 is 28.4 Å². The van der Waals surface area contributed by atoms with E-state index in [0.717, 1.165) is 10.9 Å². The molecule has 1 aliphatic rings. The van der Waals surface area contributed by atoms with Gasteiger partial charge in [0.15, 0.2) is 0 Å². The topological polar surface area (TPSA) is 78.1 Å². The van der Waals surface area contributed by atoms with E-state index in [9.17, 15) is 9.59 Å². The summed E-state index contributed by atoms with van der Waals surface area (Å²) in [4.78, 5) is 26.2. The Labute approximate surface area is 128 Å². The number of hydrogen-bond acceptors (Lipinski definition) is 3. The summed E-state index contributed by atoms with van der Waals surface area (Å²) in [6.07, 6.45) is 2.01. The highest BCUT2D eigenvalue weighted by molar-refractivity contribution is 5.98. The molecule has 2 N–H and O–H groups in total. The van der Waals surface area contributed by atoms with E-state index in [1.54, 1.807) is 11.1 Å². The van der Waals surface area contributed by atoms with Gasteiger partial charge in [-0.1, -0.05) is 0 Å². The Morgan fingerprint density at radius 2 is 2.18 bits per heavy atom. The molecule has 116 valence electrons. The first-order valence-electron chi connectivity index (χ1n) is 7.39. The van der Waals surface area contributed by atoms with E-state index < -0.39 is 0 Å². The van der Waals surface area contributed by atoms with E-state index in [2.05, 4.69) is 15.5 Å². The molecule has 0 radical (unpaired) electrons. The number of nitrogens with zero attached hydrogens (tertiary/aromatic N) is 2. The second-order valence-electron chi connectivity index (χ2n) is 6.74. The molecule has 1 atom stereocenters. The summed E-state index contributed by atoms with van der Waals surface area (Å²) < 4.78 is 0. The van der Waals surface area contributed by atoms with Crippen LogP contribution in [0.3, 0.4) is 0 Å². The molecule has 22 heavy (non-hydrogen) atoms. The first-order chi connectivity index (χ1) is 10.3. The number of rotatable bonds is 2. The van der Waals surface area contributed by atoms with E-state index in [0.29, 0.717) is 12.2 Å². The molecule has 1 unspecified atom stereocenters. The third-order valence-electron chi connectivity index (χ3n) is 4.02. The maximum atomic E-state index is 12.4. The number of hydrogen-bond donors (Lipinski definition) is 2. The fourth-order valence-corrected chi connectivity index (χ4v) is 2.79. The zero-order valence-electron chi connectivity index (χ0n) is 13.0. The molecule has 3 rings (SSSR count). The van der Waals surface area contributed by atoms with Gasteiger partial charge in [-0.3, -0.25) is 14.7 Å². The molecule has 1 saturated heterocycles. The van der Waals surface area contributed by atoms with Crippen molar-refractivity contribution in [3.8, 4) is 0 Å². The lowest BCUT2D eigenvalue weighted by Gasteiger charge is -2.31. The summed E-state index contributed by atoms with van der Waals surface area (Å²) in [7, 11) is 0. The van der Waals surface area contributed by atoms with E-state index in [4.69, 9.17) is 0 Å². The van der Waals surface area contributed by atoms with Gasteiger partial charge in [0.1, 0.15) is 0 Å². The number of likely N-dealkylation sites (tertiary alicyclic amines) is 1. The zero-order valence-corrected chi connectivity index (χ0v) is 13.0. The molecule has 0 saturated carbocycles. The molecule has 6 heteroatoms. The second-order valence-corrected chi connectivity index (χ2v) is 6.74. The van der Waals surface area contributed by atoms with Crippen LogP contribution in [0, 0.1) is 5.92 Å². The van der Waals surface area contributed by atoms with Crippen LogP contribution in [0.25, 0.3) is 10.9 Å². The Kier molecular flexibility index (Phi) is 3.39. The van der Waals surface area contributed by atoms with Crippen molar-refractivity contribution in [2.24, 2.45) is 5.92 Å². The number of amides is 2. The highest BCUT2D eigenvalue weighted by atomic mass is 16.2. The van der Waals surface area contributed by atoms with Crippen molar-refractivity contribution < 1.29 is 9.59 Å². The molecule has 0 bridgehead atoms. The normalized spacial score (nSPS) is 19.0. The summed E-state index contributed by atoms with van der Waals surface area (Å²) in [5.41, 5.74) is 1.33. The van der Waals surface area contributed by atoms with E-state index in [1.807, 2.05) is 39.0 Å². The second kappa shape index (κ2) is 5.12. The average Bonchev–Trinajstić information content (AvgIpc) is 3.03. The van der Waals surface area contributed by atoms with Crippen LogP contribution in [-0.2, 0) is 9.59 Å². The smallest absolute Gasteiger partial charge is 0.229 e. The van der Waals surface area contributed by atoms with E-state index >= 15 is 0 Å². The Hall–Kier alpha value is -2.37. The molecule has 1 aromatic heterocycles. The fraction of sp³-hybridized carbons (Fsp3) is 0.438. The highest BCUT2D eigenvalue weighted by Gasteiger charge is 2.39. The molecule has 1 aliphatic heterocycles. The summed E-state index contributed by atoms with van der Waals surface area (Å²) in [5, 5.41) is 10.7. The van der Waals surface area contributed by atoms with Gasteiger partial charge in [0, 0.05) is 29.6 Å². The minimum atomic E-state index is -0.302. The molecule has 2 aromatic rings. The number of aromatic nitrogens is 2. The number of H-pyrrole nitrogens is 1. The lowest BCUT2D eigenvalue weighted by molar-refractivity contribution is -0.131. The summed E-state index contributed by atoms with van der Waals surface area (Å²) in [5.74, 6) is -0.375. The van der Waals surface area contributed by atoms with Crippen LogP contribution in [0.4, 0.5) is 5.69 Å². The van der Waals surface area contributed by atoms with Crippen molar-refractivity contribution in [2.75, 3.05) is 11.9 Å². The van der Waals surface area contributed by atoms with Crippen LogP contribution < -0.4 is 5.32 Å². The summed E-state index contributed by atoms with van der Waals surface area (Å²) in [6, 6.07) is 5.59. The van der Waals surface area contributed by atoms with Gasteiger partial charge in [-0.15, -0.1) is 0 Å². The van der Waals surface area contributed by atoms with Gasteiger partial charge in [-0.2, -0.15) is 5.10 Å². The van der Waals surface area contributed by atoms with Gasteiger partial charge in [0.25, 0.3) is 0 Å². The molecule has 2 amide bonds. The van der Waals surface area contributed by atoms with E-state index in [-0.39, 0.29) is 29.7 Å². The molecule has 1 fully saturated rings. The third-order valence-corrected chi connectivity index (χ3v) is 4.02. The van der Waals surface area contributed by atoms with Crippen molar-refractivity contribution in [3.63, 3.8) is 0 Å². The van der Waals surface area contributed by atoms with Gasteiger partial charge < -0.3 is 10.2 Å². The van der Waals surface area contributed by atoms with Gasteiger partial charge in [-0.25, -0.2) is 0 Å². The SMILES string of the molecule is CC(C)(C)N1CC(C(=O)Nc2ccc3cn[nH]c3c2)CC1=O. The quantitative estimate of drug-likeness (QED) is 0.892. The number of aromatic amines is 1. The molecular weight excluding hydrogens is 280 g/mol. The number of benzene rings is 1. The first-order valence-corrected chi connectivity index (χ1v) is 7.39. The Balaban J connectivity index is 1.71. The van der Waals surface area contributed by atoms with Crippen molar-refractivity contribution in [3.05, 3.63) is 24.4 Å². The van der Waals surface area contributed by atoms with Gasteiger partial charge in [0.05, 0.1) is 17.6 Å². The average molecular weight is 300 g/mol. The predicted molar refractivity (Wildman–Crippen MR) is 84.3 cm³/mol. The number of nitrogens with one attached hydrogen (secondary N) is 2. The summed E-state index contributed by atoms with van der Waals surface area (Å²) >= 11 is 0. The Morgan fingerprint density at radius 3 is 2.86 bits per heavy atom. The fourth-order valence-electron chi connectivity index (χ4n) is 2.79. The van der Waals surface area contributed by atoms with Crippen LogP contribution in [-0.4, -0.2) is 39.0 Å². The molecule has 0 aliphatic carbocycles. The molecule has 6 nitrogen and oxygen atoms in total. The van der Waals surface area contributed by atoms with Gasteiger partial charge in [0.2, 0.25) is 11.8 Å². The zero-order chi connectivity index (χ0) is 15.9. The van der Waals surface area contributed by atoms with Crippen molar-refractivity contribution in [1.82, 2.24) is 15.1 Å². The molecule has 0 spiro atoms. The van der Waals surface area contributed by atoms with Gasteiger partial charge >= 0.3 is 0 Å². The number of anilines is 1. The van der Waals surface area contributed by atoms with Gasteiger partial charge in [-0.05, 0) is 39.0 Å². The Bertz CT molecular complexity index is 729. The number of carbonyl (C=O) groups is 2. The lowest BCUT2D eigenvalue weighted by Crippen LogP contribution is -2.42. The maximum absolute atomic E-state index is 12.4. The number of carbonyl (C=O) groups excluding carboxylic acids is 2. The van der Waals surface area contributed by atoms with E-state index in [1.165, 1.54) is 0 Å². The predicted octanol–water partition coefficient (Wildman–Crippen LogP) is 2.15. The summed E-state index contributed by atoms with van der Waals surface area (Å²) in [6.45, 7) is 6.42. The molecular formula is C16H20N4O2. The monoisotopic (exact) mass is 300 g/mol. The van der Waals surface area contributed by atoms with Crippen molar-refractivity contribution in [1.29, 1.82) is 0 Å². The lowest BCUT2D eigenvalue weighted by atomic mass is 10.1. The van der Waals surface area contributed by atoms with Crippen LogP contribution in [0.5, 0.6) is 0 Å². The third kappa shape index (κ3) is 2.68. The maximum Gasteiger partial charge on any atom is 0.229 e. The minimum absolute atomic E-state index is 0.0386. The highest BCUT2D eigenvalue weighted by Crippen LogP contribution is 2.27. The molecule has 1 aromatic carbocycles. The van der Waals surface area contributed by atoms with Crippen molar-refractivity contribution in [2.45, 2.75) is 32.7 Å². The van der Waals surface area contributed by atoms with Crippen LogP contribution in [0.15, 0.2) is 24.4 Å². The Morgan fingerprint density at radius 1 is 1.41 bits per heavy atom. The van der Waals surface area contributed by atoms with Crippen LogP contribution in [0.2, 0.25) is 0 Å². The largest absolute Gasteiger partial charge is 0.337 e. The molecule has 2 heterocycles. The first kappa shape index (κ1) is 14.6. The van der Waals surface area contributed by atoms with Crippen LogP contribution >= 0.6 is 0 Å².